The van der Waals surface area contributed by atoms with Gasteiger partial charge in [0.1, 0.15) is 11.4 Å². The number of hydrogen-bond acceptors (Lipinski definition) is 3. The zero-order valence-electron chi connectivity index (χ0n) is 14.4. The molecule has 0 aromatic heterocycles. The van der Waals surface area contributed by atoms with Crippen LogP contribution in [0.1, 0.15) is 39.2 Å². The highest BCUT2D eigenvalue weighted by molar-refractivity contribution is 9.10. The van der Waals surface area contributed by atoms with Crippen molar-refractivity contribution in [3.63, 3.8) is 0 Å². The molecule has 2 fully saturated rings. The molecule has 1 aliphatic heterocycles. The smallest absolute Gasteiger partial charge is 0.410 e. The molecule has 0 atom stereocenters. The number of carbonyl (C=O) groups excluding carboxylic acids is 1. The number of carbonyl (C=O) groups is 1. The molecule has 132 valence electrons. The van der Waals surface area contributed by atoms with Crippen LogP contribution in [-0.4, -0.2) is 46.7 Å². The fourth-order valence-electron chi connectivity index (χ4n) is 3.22. The van der Waals surface area contributed by atoms with Crippen LogP contribution in [-0.2, 0) is 11.3 Å². The van der Waals surface area contributed by atoms with Crippen LogP contribution in [0.25, 0.3) is 0 Å². The first kappa shape index (κ1) is 17.7. The van der Waals surface area contributed by atoms with Gasteiger partial charge < -0.3 is 9.64 Å². The Morgan fingerprint density at radius 3 is 2.62 bits per heavy atom. The molecule has 1 amide bonds. The normalized spacial score (nSPS) is 20.3. The van der Waals surface area contributed by atoms with Gasteiger partial charge in [0.05, 0.1) is 0 Å². The summed E-state index contributed by atoms with van der Waals surface area (Å²) in [7, 11) is 0. The molecule has 1 heterocycles. The maximum absolute atomic E-state index is 14.1. The zero-order chi connectivity index (χ0) is 17.5. The molecule has 1 aromatic carbocycles. The van der Waals surface area contributed by atoms with E-state index in [0.717, 1.165) is 23.9 Å². The number of piperazine rings is 1. The van der Waals surface area contributed by atoms with Crippen LogP contribution in [0.2, 0.25) is 0 Å². The summed E-state index contributed by atoms with van der Waals surface area (Å²) < 4.78 is 20.4. The van der Waals surface area contributed by atoms with Crippen LogP contribution in [0.5, 0.6) is 0 Å². The van der Waals surface area contributed by atoms with E-state index in [-0.39, 0.29) is 17.4 Å². The summed E-state index contributed by atoms with van der Waals surface area (Å²) in [6, 6.07) is 5.20. The maximum Gasteiger partial charge on any atom is 0.410 e. The highest BCUT2D eigenvalue weighted by atomic mass is 79.9. The molecule has 0 bridgehead atoms. The minimum Gasteiger partial charge on any atom is -0.444 e. The minimum atomic E-state index is -0.481. The summed E-state index contributed by atoms with van der Waals surface area (Å²) in [5, 5.41) is 0. The summed E-state index contributed by atoms with van der Waals surface area (Å²) in [6.45, 7) is 8.25. The summed E-state index contributed by atoms with van der Waals surface area (Å²) in [6.07, 6.45) is 1.85. The Kier molecular flexibility index (Phi) is 4.64. The lowest BCUT2D eigenvalue weighted by Crippen LogP contribution is -2.56. The third kappa shape index (κ3) is 3.91. The SMILES string of the molecule is CC(C)(C)OC(=O)N1CCN(Cc2ccc(Br)cc2F)C2(CC2)C1. The second-order valence-electron chi connectivity index (χ2n) is 7.78. The Bertz CT molecular complexity index is 640. The van der Waals surface area contributed by atoms with Crippen molar-refractivity contribution in [1.29, 1.82) is 0 Å². The molecule has 0 radical (unpaired) electrons. The average molecular weight is 399 g/mol. The first-order chi connectivity index (χ1) is 11.2. The number of nitrogens with zero attached hydrogens (tertiary/aromatic N) is 2. The van der Waals surface area contributed by atoms with Gasteiger partial charge in [-0.1, -0.05) is 22.0 Å². The number of halogens is 2. The highest BCUT2D eigenvalue weighted by Gasteiger charge is 2.52. The van der Waals surface area contributed by atoms with E-state index in [9.17, 15) is 9.18 Å². The van der Waals surface area contributed by atoms with E-state index in [0.29, 0.717) is 25.2 Å². The molecule has 24 heavy (non-hydrogen) atoms. The summed E-state index contributed by atoms with van der Waals surface area (Å²) in [5.41, 5.74) is 0.218. The highest BCUT2D eigenvalue weighted by Crippen LogP contribution is 2.45. The second-order valence-corrected chi connectivity index (χ2v) is 8.70. The molecule has 1 aliphatic carbocycles. The van der Waals surface area contributed by atoms with Crippen molar-refractivity contribution in [1.82, 2.24) is 9.80 Å². The van der Waals surface area contributed by atoms with E-state index in [2.05, 4.69) is 20.8 Å². The van der Waals surface area contributed by atoms with Crippen LogP contribution in [0.15, 0.2) is 22.7 Å². The first-order valence-corrected chi connectivity index (χ1v) is 9.15. The molecule has 4 nitrogen and oxygen atoms in total. The molecular formula is C18H24BrFN2O2. The molecular weight excluding hydrogens is 375 g/mol. The molecule has 0 N–H and O–H groups in total. The van der Waals surface area contributed by atoms with Crippen molar-refractivity contribution >= 4 is 22.0 Å². The molecule has 1 saturated heterocycles. The fourth-order valence-corrected chi connectivity index (χ4v) is 3.55. The Balaban J connectivity index is 1.66. The number of hydrogen-bond donors (Lipinski definition) is 0. The van der Waals surface area contributed by atoms with E-state index in [1.165, 1.54) is 6.07 Å². The lowest BCUT2D eigenvalue weighted by Gasteiger charge is -2.42. The minimum absolute atomic E-state index is 0.00529. The van der Waals surface area contributed by atoms with Crippen molar-refractivity contribution in [2.45, 2.75) is 51.3 Å². The van der Waals surface area contributed by atoms with Gasteiger partial charge in [0, 0.05) is 41.8 Å². The lowest BCUT2D eigenvalue weighted by molar-refractivity contribution is -0.00259. The van der Waals surface area contributed by atoms with Crippen LogP contribution in [0.3, 0.4) is 0 Å². The zero-order valence-corrected chi connectivity index (χ0v) is 16.0. The standard InChI is InChI=1S/C18H24BrFN2O2/c1-17(2,3)24-16(23)21-8-9-22(18(12-21)6-7-18)11-13-4-5-14(19)10-15(13)20/h4-5,10H,6-9,11-12H2,1-3H3. The van der Waals surface area contributed by atoms with Gasteiger partial charge in [0.15, 0.2) is 0 Å². The van der Waals surface area contributed by atoms with E-state index in [1.54, 1.807) is 4.90 Å². The van der Waals surface area contributed by atoms with E-state index in [1.807, 2.05) is 32.9 Å². The van der Waals surface area contributed by atoms with Crippen molar-refractivity contribution < 1.29 is 13.9 Å². The van der Waals surface area contributed by atoms with Crippen molar-refractivity contribution in [3.8, 4) is 0 Å². The third-order valence-corrected chi connectivity index (χ3v) is 5.14. The lowest BCUT2D eigenvalue weighted by atomic mass is 10.1. The monoisotopic (exact) mass is 398 g/mol. The third-order valence-electron chi connectivity index (χ3n) is 4.65. The van der Waals surface area contributed by atoms with E-state index in [4.69, 9.17) is 4.74 Å². The number of rotatable bonds is 2. The molecule has 0 unspecified atom stereocenters. The summed E-state index contributed by atoms with van der Waals surface area (Å²) in [4.78, 5) is 16.4. The maximum atomic E-state index is 14.1. The predicted octanol–water partition coefficient (Wildman–Crippen LogP) is 4.17. The quantitative estimate of drug-likeness (QED) is 0.748. The van der Waals surface area contributed by atoms with Gasteiger partial charge in [-0.15, -0.1) is 0 Å². The van der Waals surface area contributed by atoms with Crippen LogP contribution >= 0.6 is 15.9 Å². The Morgan fingerprint density at radius 2 is 2.04 bits per heavy atom. The van der Waals surface area contributed by atoms with Gasteiger partial charge in [0.25, 0.3) is 0 Å². The largest absolute Gasteiger partial charge is 0.444 e. The van der Waals surface area contributed by atoms with Crippen molar-refractivity contribution in [3.05, 3.63) is 34.1 Å². The fraction of sp³-hybridized carbons (Fsp3) is 0.611. The Hall–Kier alpha value is -1.14. The molecule has 1 aromatic rings. The summed E-state index contributed by atoms with van der Waals surface area (Å²) >= 11 is 3.29. The van der Waals surface area contributed by atoms with Crippen LogP contribution in [0, 0.1) is 5.82 Å². The molecule has 2 aliphatic rings. The first-order valence-electron chi connectivity index (χ1n) is 8.35. The van der Waals surface area contributed by atoms with Gasteiger partial charge in [-0.05, 0) is 45.7 Å². The summed E-state index contributed by atoms with van der Waals surface area (Å²) in [5.74, 6) is -0.185. The second kappa shape index (κ2) is 6.30. The predicted molar refractivity (Wildman–Crippen MR) is 94.3 cm³/mol. The topological polar surface area (TPSA) is 32.8 Å². The molecule has 3 rings (SSSR count). The van der Waals surface area contributed by atoms with Gasteiger partial charge in [0.2, 0.25) is 0 Å². The number of amides is 1. The van der Waals surface area contributed by atoms with Gasteiger partial charge in [-0.3, -0.25) is 4.90 Å². The van der Waals surface area contributed by atoms with Crippen LogP contribution in [0.4, 0.5) is 9.18 Å². The Morgan fingerprint density at radius 1 is 1.33 bits per heavy atom. The van der Waals surface area contributed by atoms with Crippen LogP contribution < -0.4 is 0 Å². The molecule has 6 heteroatoms. The number of benzene rings is 1. The average Bonchev–Trinajstić information content (AvgIpc) is 3.22. The Labute approximate surface area is 151 Å². The van der Waals surface area contributed by atoms with E-state index < -0.39 is 5.60 Å². The van der Waals surface area contributed by atoms with Crippen molar-refractivity contribution in [2.75, 3.05) is 19.6 Å². The van der Waals surface area contributed by atoms with Crippen molar-refractivity contribution in [2.24, 2.45) is 0 Å². The van der Waals surface area contributed by atoms with E-state index >= 15 is 0 Å². The van der Waals surface area contributed by atoms with Gasteiger partial charge in [-0.2, -0.15) is 0 Å². The van der Waals surface area contributed by atoms with Gasteiger partial charge in [-0.25, -0.2) is 9.18 Å². The number of ether oxygens (including phenoxy) is 1. The van der Waals surface area contributed by atoms with Gasteiger partial charge >= 0.3 is 6.09 Å². The molecule has 1 saturated carbocycles. The molecule has 1 spiro atoms.